The Bertz CT molecular complexity index is 678. The lowest BCUT2D eigenvalue weighted by Gasteiger charge is -2.26. The van der Waals surface area contributed by atoms with Crippen molar-refractivity contribution in [3.8, 4) is 0 Å². The Balaban J connectivity index is 1.44. The minimum atomic E-state index is -0.184. The van der Waals surface area contributed by atoms with E-state index in [1.165, 1.54) is 5.56 Å². The van der Waals surface area contributed by atoms with Crippen LogP contribution in [-0.2, 0) is 10.5 Å². The van der Waals surface area contributed by atoms with Gasteiger partial charge >= 0.3 is 0 Å². The number of hydrogen-bond acceptors (Lipinski definition) is 4. The van der Waals surface area contributed by atoms with Gasteiger partial charge in [0.05, 0.1) is 17.6 Å². The molecule has 1 amide bonds. The van der Waals surface area contributed by atoms with Crippen molar-refractivity contribution >= 4 is 23.3 Å². The van der Waals surface area contributed by atoms with Gasteiger partial charge in [-0.2, -0.15) is 0 Å². The standard InChI is InChI=1S/C17H23N3O2S/c1-12-2-7-16-18-14(9-20(16)8-12)10-23-11-17(22)19-13-3-5-15(21)6-4-13/h2,7-9,13,15,21H,3-6,10-11H2,1H3,(H,19,22). The molecule has 6 heteroatoms. The van der Waals surface area contributed by atoms with E-state index in [2.05, 4.69) is 23.4 Å². The van der Waals surface area contributed by atoms with Crippen molar-refractivity contribution in [1.29, 1.82) is 0 Å². The number of aliphatic hydroxyl groups excluding tert-OH is 1. The number of aliphatic hydroxyl groups is 1. The summed E-state index contributed by atoms with van der Waals surface area (Å²) < 4.78 is 2.03. The highest BCUT2D eigenvalue weighted by Crippen LogP contribution is 2.19. The van der Waals surface area contributed by atoms with Gasteiger partial charge in [-0.3, -0.25) is 4.79 Å². The van der Waals surface area contributed by atoms with Gasteiger partial charge in [0.1, 0.15) is 5.65 Å². The van der Waals surface area contributed by atoms with Crippen LogP contribution >= 0.6 is 11.8 Å². The number of pyridine rings is 1. The molecule has 0 saturated heterocycles. The van der Waals surface area contributed by atoms with Crippen LogP contribution in [0, 0.1) is 6.92 Å². The second kappa shape index (κ2) is 7.36. The van der Waals surface area contributed by atoms with Crippen molar-refractivity contribution in [3.63, 3.8) is 0 Å². The molecule has 5 nitrogen and oxygen atoms in total. The SMILES string of the molecule is Cc1ccc2nc(CSCC(=O)NC3CCC(O)CC3)cn2c1. The van der Waals surface area contributed by atoms with E-state index in [1.54, 1.807) is 11.8 Å². The van der Waals surface area contributed by atoms with Crippen LogP contribution in [0.4, 0.5) is 0 Å². The van der Waals surface area contributed by atoms with Crippen molar-refractivity contribution in [2.24, 2.45) is 0 Å². The lowest BCUT2D eigenvalue weighted by molar-refractivity contribution is -0.119. The maximum absolute atomic E-state index is 12.0. The number of aryl methyl sites for hydroxylation is 1. The normalized spacial score (nSPS) is 21.5. The molecular weight excluding hydrogens is 310 g/mol. The van der Waals surface area contributed by atoms with Gasteiger partial charge in [0, 0.05) is 24.2 Å². The second-order valence-electron chi connectivity index (χ2n) is 6.27. The van der Waals surface area contributed by atoms with Gasteiger partial charge in [-0.15, -0.1) is 11.8 Å². The summed E-state index contributed by atoms with van der Waals surface area (Å²) >= 11 is 1.59. The van der Waals surface area contributed by atoms with Crippen molar-refractivity contribution < 1.29 is 9.90 Å². The number of rotatable bonds is 5. The third-order valence-corrected chi connectivity index (χ3v) is 5.16. The maximum atomic E-state index is 12.0. The molecule has 1 aliphatic carbocycles. The summed E-state index contributed by atoms with van der Waals surface area (Å²) in [7, 11) is 0. The highest BCUT2D eigenvalue weighted by atomic mass is 32.2. The lowest BCUT2D eigenvalue weighted by Crippen LogP contribution is -2.39. The van der Waals surface area contributed by atoms with E-state index in [0.29, 0.717) is 5.75 Å². The summed E-state index contributed by atoms with van der Waals surface area (Å²) in [4.78, 5) is 16.5. The number of amides is 1. The number of fused-ring (bicyclic) bond motifs is 1. The van der Waals surface area contributed by atoms with Gasteiger partial charge in [-0.05, 0) is 44.2 Å². The fourth-order valence-corrected chi connectivity index (χ4v) is 3.68. The van der Waals surface area contributed by atoms with Crippen LogP contribution in [0.2, 0.25) is 0 Å². The molecule has 0 unspecified atom stereocenters. The third kappa shape index (κ3) is 4.48. The van der Waals surface area contributed by atoms with E-state index in [9.17, 15) is 9.90 Å². The van der Waals surface area contributed by atoms with Crippen LogP contribution in [0.3, 0.4) is 0 Å². The van der Waals surface area contributed by atoms with Crippen LogP contribution in [0.1, 0.15) is 36.9 Å². The molecular formula is C17H23N3O2S. The number of carbonyl (C=O) groups is 1. The number of thioether (sulfide) groups is 1. The Hall–Kier alpha value is -1.53. The van der Waals surface area contributed by atoms with E-state index in [0.717, 1.165) is 42.8 Å². The first-order valence-corrected chi connectivity index (χ1v) is 9.25. The molecule has 2 N–H and O–H groups in total. The molecule has 23 heavy (non-hydrogen) atoms. The van der Waals surface area contributed by atoms with E-state index in [4.69, 9.17) is 0 Å². The summed E-state index contributed by atoms with van der Waals surface area (Å²) in [5, 5.41) is 12.5. The van der Waals surface area contributed by atoms with E-state index in [-0.39, 0.29) is 18.1 Å². The average molecular weight is 333 g/mol. The summed E-state index contributed by atoms with van der Waals surface area (Å²) in [6.07, 6.45) is 7.23. The number of aromatic nitrogens is 2. The number of imidazole rings is 1. The molecule has 1 saturated carbocycles. The van der Waals surface area contributed by atoms with Crippen LogP contribution < -0.4 is 5.32 Å². The van der Waals surface area contributed by atoms with Crippen molar-refractivity contribution in [2.45, 2.75) is 50.5 Å². The van der Waals surface area contributed by atoms with Crippen LogP contribution in [0.15, 0.2) is 24.5 Å². The Morgan fingerprint density at radius 3 is 2.91 bits per heavy atom. The molecule has 2 aromatic rings. The summed E-state index contributed by atoms with van der Waals surface area (Å²) in [5.41, 5.74) is 3.14. The fourth-order valence-electron chi connectivity index (χ4n) is 2.96. The van der Waals surface area contributed by atoms with Gasteiger partial charge in [-0.1, -0.05) is 6.07 Å². The first-order valence-electron chi connectivity index (χ1n) is 8.09. The first kappa shape index (κ1) is 16.3. The van der Waals surface area contributed by atoms with Crippen LogP contribution in [-0.4, -0.2) is 38.3 Å². The van der Waals surface area contributed by atoms with Crippen LogP contribution in [0.5, 0.6) is 0 Å². The molecule has 0 aliphatic heterocycles. The zero-order valence-corrected chi connectivity index (χ0v) is 14.2. The molecule has 1 aliphatic rings. The van der Waals surface area contributed by atoms with E-state index in [1.807, 2.05) is 22.7 Å². The van der Waals surface area contributed by atoms with Gasteiger partial charge in [0.15, 0.2) is 0 Å². The molecule has 2 heterocycles. The lowest BCUT2D eigenvalue weighted by atomic mass is 9.93. The molecule has 2 aromatic heterocycles. The summed E-state index contributed by atoms with van der Waals surface area (Å²) in [6.45, 7) is 2.06. The first-order chi connectivity index (χ1) is 11.1. The van der Waals surface area contributed by atoms with E-state index < -0.39 is 0 Å². The molecule has 3 rings (SSSR count). The zero-order chi connectivity index (χ0) is 16.2. The van der Waals surface area contributed by atoms with Crippen LogP contribution in [0.25, 0.3) is 5.65 Å². The number of hydrogen-bond donors (Lipinski definition) is 2. The van der Waals surface area contributed by atoms with Gasteiger partial charge in [0.2, 0.25) is 5.91 Å². The molecule has 0 radical (unpaired) electrons. The molecule has 0 spiro atoms. The number of carbonyl (C=O) groups excluding carboxylic acids is 1. The quantitative estimate of drug-likeness (QED) is 0.881. The molecule has 0 atom stereocenters. The van der Waals surface area contributed by atoms with Gasteiger partial charge in [0.25, 0.3) is 0 Å². The molecule has 1 fully saturated rings. The van der Waals surface area contributed by atoms with Crippen molar-refractivity contribution in [1.82, 2.24) is 14.7 Å². The largest absolute Gasteiger partial charge is 0.393 e. The predicted octanol–water partition coefficient (Wildman–Crippen LogP) is 2.30. The Labute approximate surface area is 140 Å². The zero-order valence-electron chi connectivity index (χ0n) is 13.4. The number of nitrogens with zero attached hydrogens (tertiary/aromatic N) is 2. The Morgan fingerprint density at radius 1 is 1.35 bits per heavy atom. The number of nitrogens with one attached hydrogen (secondary N) is 1. The maximum Gasteiger partial charge on any atom is 0.230 e. The Kier molecular flexibility index (Phi) is 5.23. The minimum absolute atomic E-state index is 0.0796. The highest BCUT2D eigenvalue weighted by Gasteiger charge is 2.20. The second-order valence-corrected chi connectivity index (χ2v) is 7.26. The van der Waals surface area contributed by atoms with Gasteiger partial charge < -0.3 is 14.8 Å². The summed E-state index contributed by atoms with van der Waals surface area (Å²) in [5.74, 6) is 1.26. The highest BCUT2D eigenvalue weighted by molar-refractivity contribution is 7.99. The Morgan fingerprint density at radius 2 is 2.13 bits per heavy atom. The average Bonchev–Trinajstić information content (AvgIpc) is 2.91. The fraction of sp³-hybridized carbons (Fsp3) is 0.529. The topological polar surface area (TPSA) is 66.6 Å². The predicted molar refractivity (Wildman–Crippen MR) is 92.5 cm³/mol. The van der Waals surface area contributed by atoms with E-state index >= 15 is 0 Å². The monoisotopic (exact) mass is 333 g/mol. The molecule has 0 bridgehead atoms. The minimum Gasteiger partial charge on any atom is -0.393 e. The van der Waals surface area contributed by atoms with Crippen molar-refractivity contribution in [3.05, 3.63) is 35.8 Å². The summed E-state index contributed by atoms with van der Waals surface area (Å²) in [6, 6.07) is 4.28. The smallest absolute Gasteiger partial charge is 0.230 e. The molecule has 124 valence electrons. The van der Waals surface area contributed by atoms with Crippen molar-refractivity contribution in [2.75, 3.05) is 5.75 Å². The third-order valence-electron chi connectivity index (χ3n) is 4.19. The molecule has 0 aromatic carbocycles. The van der Waals surface area contributed by atoms with Gasteiger partial charge in [-0.25, -0.2) is 4.98 Å².